The number of benzene rings is 2. The van der Waals surface area contributed by atoms with Crippen LogP contribution >= 0.6 is 11.6 Å². The van der Waals surface area contributed by atoms with Crippen molar-refractivity contribution in [2.24, 2.45) is 0 Å². The number of methoxy groups -OCH3 is 2. The number of ether oxygens (including phenoxy) is 5. The van der Waals surface area contributed by atoms with Crippen LogP contribution in [0.1, 0.15) is 24.6 Å². The number of pyridine rings is 2. The summed E-state index contributed by atoms with van der Waals surface area (Å²) in [4.78, 5) is 21.8. The number of nitrogens with one attached hydrogen (secondary N) is 3. The Hall–Kier alpha value is -4.77. The van der Waals surface area contributed by atoms with Crippen molar-refractivity contribution in [3.05, 3.63) is 89.4 Å². The van der Waals surface area contributed by atoms with Crippen LogP contribution in [0.4, 0.5) is 17.1 Å². The summed E-state index contributed by atoms with van der Waals surface area (Å²) in [6, 6.07) is 16.5. The van der Waals surface area contributed by atoms with Crippen LogP contribution < -0.4 is 25.4 Å². The number of nitriles is 1. The highest BCUT2D eigenvalue weighted by Crippen LogP contribution is 2.38. The molecule has 0 radical (unpaired) electrons. The molecule has 1 amide bonds. The van der Waals surface area contributed by atoms with Gasteiger partial charge in [-0.1, -0.05) is 23.7 Å². The van der Waals surface area contributed by atoms with Crippen molar-refractivity contribution in [2.45, 2.75) is 32.0 Å². The van der Waals surface area contributed by atoms with Crippen LogP contribution in [0.5, 0.6) is 11.5 Å². The number of rotatable bonds is 14. The average Bonchev–Trinajstić information content (AvgIpc) is 3.60. The van der Waals surface area contributed by atoms with Crippen LogP contribution in [0.3, 0.4) is 0 Å². The number of carbonyl (C=O) groups is 1. The Morgan fingerprint density at radius 3 is 2.72 bits per heavy atom. The number of hydrogen-bond donors (Lipinski definition) is 3. The average molecular weight is 659 g/mol. The summed E-state index contributed by atoms with van der Waals surface area (Å²) < 4.78 is 28.1. The van der Waals surface area contributed by atoms with Gasteiger partial charge in [0.2, 0.25) is 11.8 Å². The Kier molecular flexibility index (Phi) is 11.2. The minimum absolute atomic E-state index is 0.180. The van der Waals surface area contributed by atoms with Crippen molar-refractivity contribution < 1.29 is 28.5 Å². The smallest absolute Gasteiger partial charge is 0.248 e. The highest BCUT2D eigenvalue weighted by molar-refractivity contribution is 6.32. The summed E-state index contributed by atoms with van der Waals surface area (Å²) in [5, 5.41) is 20.2. The van der Waals surface area contributed by atoms with Gasteiger partial charge in [0, 0.05) is 69.7 Å². The van der Waals surface area contributed by atoms with Crippen molar-refractivity contribution in [1.82, 2.24) is 15.3 Å². The molecule has 1 atom stereocenters. The summed E-state index contributed by atoms with van der Waals surface area (Å²) >= 11 is 6.57. The first-order chi connectivity index (χ1) is 22.8. The minimum atomic E-state index is -0.990. The number of aromatic nitrogens is 2. The molecule has 0 bridgehead atoms. The van der Waals surface area contributed by atoms with E-state index in [2.05, 4.69) is 32.0 Å². The Bertz CT molecular complexity index is 1770. The number of carbonyl (C=O) groups excluding carboxylic acids is 1. The van der Waals surface area contributed by atoms with Gasteiger partial charge in [-0.15, -0.1) is 0 Å². The van der Waals surface area contributed by atoms with E-state index in [0.29, 0.717) is 76.2 Å². The molecule has 0 unspecified atom stereocenters. The topological polar surface area (TPSA) is 149 Å². The molecule has 0 saturated carbocycles. The zero-order valence-electron chi connectivity index (χ0n) is 26.2. The standard InChI is InChI=1S/C34H35ClN6O6/c1-34(43-2,44-3)39-13-6-8-32(42)41-29-16-26-28(17-31(29)47-25-11-14-45-21-25)38-19-22(18-36)33(26)40-23-9-10-30(27(35)15-23)46-20-24-7-4-5-12-37-24/h4-10,12,15-17,19,25,39H,11,13-14,20-21H2,1-3H3,(H,38,40)(H,41,42)/b8-6+/t25-/m0/s1. The van der Waals surface area contributed by atoms with Crippen molar-refractivity contribution in [3.63, 3.8) is 0 Å². The van der Waals surface area contributed by atoms with E-state index in [4.69, 9.17) is 35.3 Å². The van der Waals surface area contributed by atoms with Crippen molar-refractivity contribution in [3.8, 4) is 17.6 Å². The second kappa shape index (κ2) is 15.7. The van der Waals surface area contributed by atoms with E-state index in [1.807, 2.05) is 18.2 Å². The van der Waals surface area contributed by atoms with Gasteiger partial charge < -0.3 is 34.3 Å². The first-order valence-electron chi connectivity index (χ1n) is 14.8. The van der Waals surface area contributed by atoms with Gasteiger partial charge in [0.25, 0.3) is 0 Å². The predicted molar refractivity (Wildman–Crippen MR) is 178 cm³/mol. The van der Waals surface area contributed by atoms with E-state index in [1.165, 1.54) is 26.5 Å². The Labute approximate surface area is 277 Å². The summed E-state index contributed by atoms with van der Waals surface area (Å²) in [7, 11) is 3.03. The fraction of sp³-hybridized carbons (Fsp3) is 0.294. The molecule has 4 aromatic rings. The lowest BCUT2D eigenvalue weighted by Crippen LogP contribution is -2.45. The number of anilines is 3. The van der Waals surface area contributed by atoms with Gasteiger partial charge in [-0.05, 0) is 36.4 Å². The van der Waals surface area contributed by atoms with E-state index in [1.54, 1.807) is 49.5 Å². The SMILES string of the molecule is COC(C)(NC/C=C/C(=O)Nc1cc2c(Nc3ccc(OCc4ccccn4)c(Cl)c3)c(C#N)cnc2cc1O[C@H]1CCOC1)OC. The second-order valence-corrected chi connectivity index (χ2v) is 11.0. The molecule has 5 rings (SSSR count). The summed E-state index contributed by atoms with van der Waals surface area (Å²) in [6.07, 6.45) is 6.76. The highest BCUT2D eigenvalue weighted by Gasteiger charge is 2.22. The fourth-order valence-corrected chi connectivity index (χ4v) is 4.94. The molecule has 12 nitrogen and oxygen atoms in total. The number of hydrogen-bond acceptors (Lipinski definition) is 11. The third-order valence-electron chi connectivity index (χ3n) is 7.42. The summed E-state index contributed by atoms with van der Waals surface area (Å²) in [6.45, 7) is 3.32. The first kappa shape index (κ1) is 33.6. The highest BCUT2D eigenvalue weighted by atomic mass is 35.5. The molecular weight excluding hydrogens is 624 g/mol. The van der Waals surface area contributed by atoms with Crippen LogP contribution in [0.2, 0.25) is 5.02 Å². The second-order valence-electron chi connectivity index (χ2n) is 10.6. The normalized spacial score (nSPS) is 14.7. The number of amides is 1. The molecule has 2 aromatic heterocycles. The summed E-state index contributed by atoms with van der Waals surface area (Å²) in [5.41, 5.74) is 3.13. The zero-order chi connectivity index (χ0) is 33.2. The Morgan fingerprint density at radius 1 is 1.17 bits per heavy atom. The van der Waals surface area contributed by atoms with E-state index in [-0.39, 0.29) is 18.6 Å². The predicted octanol–water partition coefficient (Wildman–Crippen LogP) is 5.70. The van der Waals surface area contributed by atoms with E-state index in [9.17, 15) is 10.1 Å². The van der Waals surface area contributed by atoms with Crippen molar-refractivity contribution in [2.75, 3.05) is 44.6 Å². The third-order valence-corrected chi connectivity index (χ3v) is 7.72. The van der Waals surface area contributed by atoms with Gasteiger partial charge in [0.05, 0.1) is 46.4 Å². The molecule has 1 saturated heterocycles. The van der Waals surface area contributed by atoms with Crippen LogP contribution in [0.25, 0.3) is 10.9 Å². The monoisotopic (exact) mass is 658 g/mol. The van der Waals surface area contributed by atoms with Gasteiger partial charge in [0.15, 0.2) is 0 Å². The van der Waals surface area contributed by atoms with E-state index in [0.717, 1.165) is 5.69 Å². The molecule has 13 heteroatoms. The van der Waals surface area contributed by atoms with E-state index >= 15 is 0 Å². The lowest BCUT2D eigenvalue weighted by molar-refractivity contribution is -0.212. The van der Waals surface area contributed by atoms with Crippen molar-refractivity contribution >= 4 is 45.5 Å². The quantitative estimate of drug-likeness (QED) is 0.113. The Morgan fingerprint density at radius 2 is 2.02 bits per heavy atom. The molecule has 47 heavy (non-hydrogen) atoms. The van der Waals surface area contributed by atoms with Gasteiger partial charge in [-0.3, -0.25) is 20.1 Å². The molecule has 0 aliphatic carbocycles. The molecule has 0 spiro atoms. The minimum Gasteiger partial charge on any atom is -0.486 e. The number of fused-ring (bicyclic) bond motifs is 1. The van der Waals surface area contributed by atoms with Gasteiger partial charge >= 0.3 is 0 Å². The maximum Gasteiger partial charge on any atom is 0.248 e. The third kappa shape index (κ3) is 8.74. The largest absolute Gasteiger partial charge is 0.486 e. The summed E-state index contributed by atoms with van der Waals surface area (Å²) in [5.74, 6) is -0.458. The molecule has 1 aliphatic heterocycles. The molecule has 244 valence electrons. The number of nitrogens with zero attached hydrogens (tertiary/aromatic N) is 3. The zero-order valence-corrected chi connectivity index (χ0v) is 27.0. The lowest BCUT2D eigenvalue weighted by atomic mass is 10.1. The molecular formula is C34H35ClN6O6. The fourth-order valence-electron chi connectivity index (χ4n) is 4.71. The molecule has 1 fully saturated rings. The van der Waals surface area contributed by atoms with Crippen LogP contribution in [0, 0.1) is 11.3 Å². The number of halogens is 1. The molecule has 1 aliphatic rings. The van der Waals surface area contributed by atoms with Crippen molar-refractivity contribution in [1.29, 1.82) is 5.26 Å². The van der Waals surface area contributed by atoms with Crippen LogP contribution in [0.15, 0.2) is 73.1 Å². The molecule has 3 heterocycles. The van der Waals surface area contributed by atoms with Gasteiger partial charge in [0.1, 0.15) is 30.3 Å². The van der Waals surface area contributed by atoms with Gasteiger partial charge in [-0.25, -0.2) is 0 Å². The molecule has 2 aromatic carbocycles. The lowest BCUT2D eigenvalue weighted by Gasteiger charge is -2.26. The first-order valence-corrected chi connectivity index (χ1v) is 15.2. The molecule has 3 N–H and O–H groups in total. The van der Waals surface area contributed by atoms with E-state index < -0.39 is 5.91 Å². The van der Waals surface area contributed by atoms with Crippen LogP contribution in [-0.2, 0) is 25.6 Å². The maximum atomic E-state index is 13.0. The maximum absolute atomic E-state index is 13.0. The van der Waals surface area contributed by atoms with Crippen LogP contribution in [-0.4, -0.2) is 61.9 Å². The Balaban J connectivity index is 1.41. The van der Waals surface area contributed by atoms with Gasteiger partial charge in [-0.2, -0.15) is 5.26 Å².